The zero-order valence-electron chi connectivity index (χ0n) is 21.4. The van der Waals surface area contributed by atoms with Crippen LogP contribution in [0.3, 0.4) is 0 Å². The average molecular weight is 580 g/mol. The van der Waals surface area contributed by atoms with Gasteiger partial charge in [0.2, 0.25) is 10.0 Å². The molecule has 39 heavy (non-hydrogen) atoms. The molecule has 2 heterocycles. The van der Waals surface area contributed by atoms with Gasteiger partial charge in [-0.3, -0.25) is 9.69 Å². The number of aromatic nitrogens is 1. The van der Waals surface area contributed by atoms with Gasteiger partial charge in [0, 0.05) is 23.7 Å². The van der Waals surface area contributed by atoms with Crippen LogP contribution >= 0.6 is 22.9 Å². The number of aryl methyl sites for hydroxylation is 1. The highest BCUT2D eigenvalue weighted by molar-refractivity contribution is 7.89. The quantitative estimate of drug-likeness (QED) is 0.189. The van der Waals surface area contributed by atoms with Crippen LogP contribution in [0.2, 0.25) is 5.02 Å². The van der Waals surface area contributed by atoms with Crippen LogP contribution in [0, 0.1) is 6.92 Å². The second-order valence-electron chi connectivity index (χ2n) is 8.93. The minimum Gasteiger partial charge on any atom is -0.467 e. The molecule has 0 saturated carbocycles. The van der Waals surface area contributed by atoms with Gasteiger partial charge in [0.05, 0.1) is 27.9 Å². The van der Waals surface area contributed by atoms with Crippen LogP contribution in [0.4, 0.5) is 5.13 Å². The van der Waals surface area contributed by atoms with E-state index in [1.54, 1.807) is 25.3 Å². The van der Waals surface area contributed by atoms with Gasteiger partial charge < -0.3 is 4.42 Å². The van der Waals surface area contributed by atoms with E-state index in [-0.39, 0.29) is 23.9 Å². The maximum atomic E-state index is 13.8. The molecule has 10 heteroatoms. The van der Waals surface area contributed by atoms with Gasteiger partial charge in [-0.15, -0.1) is 0 Å². The molecule has 0 spiro atoms. The molecular formula is C29H26ClN3O4S2. The van der Waals surface area contributed by atoms with Crippen molar-refractivity contribution in [2.75, 3.05) is 11.4 Å². The summed E-state index contributed by atoms with van der Waals surface area (Å²) in [4.78, 5) is 20.1. The summed E-state index contributed by atoms with van der Waals surface area (Å²) < 4.78 is 34.6. The first-order chi connectivity index (χ1) is 18.8. The number of carbonyl (C=O) groups is 1. The molecule has 0 fully saturated rings. The molecule has 0 atom stereocenters. The summed E-state index contributed by atoms with van der Waals surface area (Å²) >= 11 is 7.68. The molecule has 5 rings (SSSR count). The van der Waals surface area contributed by atoms with Crippen molar-refractivity contribution >= 4 is 54.2 Å². The second kappa shape index (κ2) is 11.3. The highest BCUT2D eigenvalue weighted by Gasteiger charge is 2.26. The first-order valence-electron chi connectivity index (χ1n) is 12.3. The Labute approximate surface area is 236 Å². The fraction of sp³-hybridized carbons (Fsp3) is 0.172. The summed E-state index contributed by atoms with van der Waals surface area (Å²) in [6.45, 7) is 4.44. The fourth-order valence-electron chi connectivity index (χ4n) is 4.22. The number of benzene rings is 3. The number of hydrogen-bond donors (Lipinski definition) is 0. The Morgan fingerprint density at radius 2 is 1.72 bits per heavy atom. The minimum atomic E-state index is -3.76. The molecule has 0 bridgehead atoms. The van der Waals surface area contributed by atoms with Gasteiger partial charge in [0.1, 0.15) is 5.76 Å². The number of amides is 1. The van der Waals surface area contributed by atoms with E-state index < -0.39 is 10.0 Å². The van der Waals surface area contributed by atoms with Crippen molar-refractivity contribution in [3.63, 3.8) is 0 Å². The maximum Gasteiger partial charge on any atom is 0.260 e. The van der Waals surface area contributed by atoms with Crippen LogP contribution in [-0.2, 0) is 23.1 Å². The zero-order valence-corrected chi connectivity index (χ0v) is 23.8. The third-order valence-electron chi connectivity index (χ3n) is 6.40. The number of sulfonamides is 1. The Hall–Kier alpha value is -3.50. The first-order valence-corrected chi connectivity index (χ1v) is 15.0. The Balaban J connectivity index is 1.45. The Bertz CT molecular complexity index is 1700. The predicted molar refractivity (Wildman–Crippen MR) is 155 cm³/mol. The smallest absolute Gasteiger partial charge is 0.260 e. The second-order valence-corrected chi connectivity index (χ2v) is 12.3. The molecule has 3 aromatic carbocycles. The van der Waals surface area contributed by atoms with E-state index in [4.69, 9.17) is 21.0 Å². The van der Waals surface area contributed by atoms with Crippen LogP contribution in [0.25, 0.3) is 10.2 Å². The van der Waals surface area contributed by atoms with E-state index in [2.05, 4.69) is 0 Å². The van der Waals surface area contributed by atoms with Crippen molar-refractivity contribution in [1.82, 2.24) is 9.29 Å². The summed E-state index contributed by atoms with van der Waals surface area (Å²) in [7, 11) is -3.76. The van der Waals surface area contributed by atoms with Crippen molar-refractivity contribution in [3.8, 4) is 0 Å². The number of carbonyl (C=O) groups excluding carboxylic acids is 1. The van der Waals surface area contributed by atoms with Gasteiger partial charge in [-0.2, -0.15) is 4.31 Å². The normalized spacial score (nSPS) is 11.8. The number of rotatable bonds is 9. The molecule has 200 valence electrons. The Morgan fingerprint density at radius 3 is 2.38 bits per heavy atom. The topological polar surface area (TPSA) is 83.7 Å². The number of nitrogens with zero attached hydrogens (tertiary/aromatic N) is 3. The highest BCUT2D eigenvalue weighted by atomic mass is 35.5. The number of thiazole rings is 1. The molecule has 2 aromatic heterocycles. The summed E-state index contributed by atoms with van der Waals surface area (Å²) in [5.41, 5.74) is 2.81. The number of furan rings is 1. The van der Waals surface area contributed by atoms with Gasteiger partial charge >= 0.3 is 0 Å². The molecular weight excluding hydrogens is 554 g/mol. The van der Waals surface area contributed by atoms with Crippen molar-refractivity contribution in [2.24, 2.45) is 0 Å². The maximum absolute atomic E-state index is 13.8. The zero-order chi connectivity index (χ0) is 27.6. The van der Waals surface area contributed by atoms with Crippen LogP contribution in [0.1, 0.15) is 34.2 Å². The van der Waals surface area contributed by atoms with Crippen molar-refractivity contribution in [3.05, 3.63) is 113 Å². The van der Waals surface area contributed by atoms with Crippen molar-refractivity contribution in [1.29, 1.82) is 0 Å². The number of halogens is 1. The van der Waals surface area contributed by atoms with Gasteiger partial charge in [0.15, 0.2) is 5.13 Å². The van der Waals surface area contributed by atoms with Crippen LogP contribution < -0.4 is 4.90 Å². The summed E-state index contributed by atoms with van der Waals surface area (Å²) in [5.74, 6) is 0.269. The summed E-state index contributed by atoms with van der Waals surface area (Å²) in [6, 6.07) is 22.7. The average Bonchev–Trinajstić information content (AvgIpc) is 3.63. The van der Waals surface area contributed by atoms with Gasteiger partial charge in [-0.25, -0.2) is 13.4 Å². The Morgan fingerprint density at radius 1 is 0.974 bits per heavy atom. The SMILES string of the molecule is CCN(Cc1ccccc1)S(=O)(=O)c1ccc(C(=O)N(Cc2ccco2)c2nc3c(C)c(Cl)ccc3s2)cc1. The van der Waals surface area contributed by atoms with Gasteiger partial charge in [-0.1, -0.05) is 60.2 Å². The highest BCUT2D eigenvalue weighted by Crippen LogP contribution is 2.35. The van der Waals surface area contributed by atoms with E-state index >= 15 is 0 Å². The van der Waals surface area contributed by atoms with Crippen molar-refractivity contribution in [2.45, 2.75) is 31.8 Å². The van der Waals surface area contributed by atoms with Gasteiger partial charge in [-0.05, 0) is 66.6 Å². The lowest BCUT2D eigenvalue weighted by atomic mass is 10.2. The van der Waals surface area contributed by atoms with E-state index in [9.17, 15) is 13.2 Å². The fourth-order valence-corrected chi connectivity index (χ4v) is 6.83. The molecule has 0 radical (unpaired) electrons. The first kappa shape index (κ1) is 27.1. The summed E-state index contributed by atoms with van der Waals surface area (Å²) in [6.07, 6.45) is 1.55. The molecule has 0 saturated heterocycles. The lowest BCUT2D eigenvalue weighted by Gasteiger charge is -2.21. The van der Waals surface area contributed by atoms with Crippen LogP contribution in [0.15, 0.2) is 94.4 Å². The third-order valence-corrected chi connectivity index (χ3v) is 9.79. The largest absolute Gasteiger partial charge is 0.467 e. The number of anilines is 1. The molecule has 0 aliphatic carbocycles. The van der Waals surface area contributed by atoms with E-state index in [0.29, 0.717) is 28.0 Å². The van der Waals surface area contributed by atoms with E-state index in [1.165, 1.54) is 44.8 Å². The molecule has 0 aliphatic rings. The number of fused-ring (bicyclic) bond motifs is 1. The van der Waals surface area contributed by atoms with Crippen LogP contribution in [-0.4, -0.2) is 30.2 Å². The molecule has 0 unspecified atom stereocenters. The Kier molecular flexibility index (Phi) is 7.86. The monoisotopic (exact) mass is 579 g/mol. The van der Waals surface area contributed by atoms with E-state index in [0.717, 1.165) is 21.3 Å². The molecule has 5 aromatic rings. The summed E-state index contributed by atoms with van der Waals surface area (Å²) in [5, 5.41) is 1.10. The third kappa shape index (κ3) is 5.62. The van der Waals surface area contributed by atoms with Crippen LogP contribution in [0.5, 0.6) is 0 Å². The number of hydrogen-bond acceptors (Lipinski definition) is 6. The lowest BCUT2D eigenvalue weighted by molar-refractivity contribution is 0.0983. The van der Waals surface area contributed by atoms with Crippen molar-refractivity contribution < 1.29 is 17.6 Å². The minimum absolute atomic E-state index is 0.125. The molecule has 7 nitrogen and oxygen atoms in total. The molecule has 1 amide bonds. The standard InChI is InChI=1S/C29H26ClN3O4S2/c1-3-32(18-21-8-5-4-6-9-21)39(35,36)24-13-11-22(12-14-24)28(34)33(19-23-10-7-17-37-23)29-31-27-20(2)25(30)15-16-26(27)38-29/h4-17H,3,18-19H2,1-2H3. The van der Waals surface area contributed by atoms with E-state index in [1.807, 2.05) is 49.4 Å². The predicted octanol–water partition coefficient (Wildman–Crippen LogP) is 6.91. The molecule has 0 N–H and O–H groups in total. The lowest BCUT2D eigenvalue weighted by Crippen LogP contribution is -2.31. The molecule has 0 aliphatic heterocycles. The van der Waals surface area contributed by atoms with Gasteiger partial charge in [0.25, 0.3) is 5.91 Å².